The Bertz CT molecular complexity index is 625. The Morgan fingerprint density at radius 3 is 2.32 bits per heavy atom. The van der Waals surface area contributed by atoms with Gasteiger partial charge in [-0.1, -0.05) is 17.7 Å². The van der Waals surface area contributed by atoms with Crippen LogP contribution >= 0.6 is 0 Å². The number of carbonyl (C=O) groups is 2. The third kappa shape index (κ3) is 5.12. The number of hydrogen-bond acceptors (Lipinski definition) is 5. The zero-order valence-corrected chi connectivity index (χ0v) is 13.6. The molecule has 2 N–H and O–H groups in total. The summed E-state index contributed by atoms with van der Waals surface area (Å²) < 4.78 is 31.4. The highest BCUT2D eigenvalue weighted by Gasteiger charge is 2.25. The maximum absolute atomic E-state index is 12.3. The molecule has 0 aliphatic rings. The third-order valence-corrected chi connectivity index (χ3v) is 4.54. The molecule has 8 heteroatoms. The van der Waals surface area contributed by atoms with Crippen molar-refractivity contribution in [3.8, 4) is 0 Å². The van der Waals surface area contributed by atoms with Gasteiger partial charge in [0.25, 0.3) is 0 Å². The summed E-state index contributed by atoms with van der Waals surface area (Å²) in [6.07, 6.45) is -0.0531. The Hall–Kier alpha value is -1.93. The van der Waals surface area contributed by atoms with Gasteiger partial charge in [0.2, 0.25) is 15.9 Å². The summed E-state index contributed by atoms with van der Waals surface area (Å²) in [5.41, 5.74) is 0.924. The number of amides is 1. The van der Waals surface area contributed by atoms with Crippen molar-refractivity contribution in [2.45, 2.75) is 30.7 Å². The van der Waals surface area contributed by atoms with E-state index < -0.39 is 27.9 Å². The number of esters is 1. The summed E-state index contributed by atoms with van der Waals surface area (Å²) in [6.45, 7) is 1.84. The van der Waals surface area contributed by atoms with Crippen LogP contribution in [0.3, 0.4) is 0 Å². The molecule has 7 nitrogen and oxygen atoms in total. The highest BCUT2D eigenvalue weighted by Crippen LogP contribution is 2.12. The number of carbonyl (C=O) groups excluding carboxylic acids is 2. The van der Waals surface area contributed by atoms with Crippen LogP contribution in [0.2, 0.25) is 0 Å². The molecule has 0 spiro atoms. The number of sulfonamides is 1. The smallest absolute Gasteiger partial charge is 0.305 e. The summed E-state index contributed by atoms with van der Waals surface area (Å²) in [5.74, 6) is -1.02. The summed E-state index contributed by atoms with van der Waals surface area (Å²) in [6, 6.07) is 5.20. The predicted molar refractivity (Wildman–Crippen MR) is 80.6 cm³/mol. The van der Waals surface area contributed by atoms with Crippen LogP contribution in [0.5, 0.6) is 0 Å². The van der Waals surface area contributed by atoms with Crippen LogP contribution in [0.4, 0.5) is 0 Å². The average molecular weight is 328 g/mol. The second kappa shape index (κ2) is 7.90. The van der Waals surface area contributed by atoms with Crippen LogP contribution in [0.15, 0.2) is 29.2 Å². The Morgan fingerprint density at radius 2 is 1.82 bits per heavy atom. The SMILES string of the molecule is CNC(=O)C(CCC(=O)OC)NS(=O)(=O)c1ccc(C)cc1. The second-order valence-electron chi connectivity index (χ2n) is 4.72. The first-order chi connectivity index (χ1) is 10.3. The van der Waals surface area contributed by atoms with Gasteiger partial charge < -0.3 is 10.1 Å². The van der Waals surface area contributed by atoms with E-state index in [9.17, 15) is 18.0 Å². The fourth-order valence-electron chi connectivity index (χ4n) is 1.75. The van der Waals surface area contributed by atoms with Gasteiger partial charge in [-0.25, -0.2) is 8.42 Å². The molecule has 122 valence electrons. The normalized spacial score (nSPS) is 12.5. The molecule has 0 bridgehead atoms. The first-order valence-corrected chi connectivity index (χ1v) is 8.16. The predicted octanol–water partition coefficient (Wildman–Crippen LogP) is 0.341. The van der Waals surface area contributed by atoms with Crippen LogP contribution in [0.1, 0.15) is 18.4 Å². The zero-order valence-electron chi connectivity index (χ0n) is 12.8. The van der Waals surface area contributed by atoms with E-state index in [1.165, 1.54) is 26.3 Å². The van der Waals surface area contributed by atoms with Crippen molar-refractivity contribution in [2.75, 3.05) is 14.2 Å². The van der Waals surface area contributed by atoms with Crippen molar-refractivity contribution in [1.29, 1.82) is 0 Å². The first-order valence-electron chi connectivity index (χ1n) is 6.67. The van der Waals surface area contributed by atoms with E-state index in [2.05, 4.69) is 14.8 Å². The van der Waals surface area contributed by atoms with Crippen molar-refractivity contribution >= 4 is 21.9 Å². The first kappa shape index (κ1) is 18.1. The monoisotopic (exact) mass is 328 g/mol. The largest absolute Gasteiger partial charge is 0.469 e. The van der Waals surface area contributed by atoms with Gasteiger partial charge in [0.05, 0.1) is 12.0 Å². The van der Waals surface area contributed by atoms with E-state index in [1.807, 2.05) is 6.92 Å². The molecular formula is C14H20N2O5S. The molecule has 1 atom stereocenters. The lowest BCUT2D eigenvalue weighted by molar-refractivity contribution is -0.140. The lowest BCUT2D eigenvalue weighted by Gasteiger charge is -2.17. The highest BCUT2D eigenvalue weighted by molar-refractivity contribution is 7.89. The lowest BCUT2D eigenvalue weighted by Crippen LogP contribution is -2.45. The van der Waals surface area contributed by atoms with Gasteiger partial charge in [0.1, 0.15) is 6.04 Å². The minimum absolute atomic E-state index is 0.0113. The Labute approximate surface area is 130 Å². The minimum Gasteiger partial charge on any atom is -0.469 e. The molecular weight excluding hydrogens is 308 g/mol. The van der Waals surface area contributed by atoms with Crippen molar-refractivity contribution < 1.29 is 22.7 Å². The van der Waals surface area contributed by atoms with Crippen LogP contribution in [0, 0.1) is 6.92 Å². The van der Waals surface area contributed by atoms with Crippen LogP contribution < -0.4 is 10.0 Å². The number of nitrogens with one attached hydrogen (secondary N) is 2. The summed E-state index contributed by atoms with van der Waals surface area (Å²) in [5, 5.41) is 2.37. The van der Waals surface area contributed by atoms with E-state index in [0.717, 1.165) is 5.56 Å². The molecule has 1 rings (SSSR count). The van der Waals surface area contributed by atoms with Crippen LogP contribution in [-0.4, -0.2) is 40.5 Å². The Kier molecular flexibility index (Phi) is 6.51. The molecule has 1 unspecified atom stereocenters. The molecule has 0 radical (unpaired) electrons. The fraction of sp³-hybridized carbons (Fsp3) is 0.429. The van der Waals surface area contributed by atoms with Gasteiger partial charge in [-0.3, -0.25) is 9.59 Å². The summed E-state index contributed by atoms with van der Waals surface area (Å²) in [7, 11) is -1.22. The number of ether oxygens (including phenoxy) is 1. The van der Waals surface area contributed by atoms with Gasteiger partial charge in [-0.15, -0.1) is 0 Å². The lowest BCUT2D eigenvalue weighted by atomic mass is 10.1. The van der Waals surface area contributed by atoms with Gasteiger partial charge in [-0.2, -0.15) is 4.72 Å². The average Bonchev–Trinajstić information content (AvgIpc) is 2.50. The number of benzene rings is 1. The van der Waals surface area contributed by atoms with Crippen molar-refractivity contribution in [2.24, 2.45) is 0 Å². The Balaban J connectivity index is 2.89. The number of likely N-dealkylation sites (N-methyl/N-ethyl adjacent to an activating group) is 1. The Morgan fingerprint density at radius 1 is 1.23 bits per heavy atom. The number of hydrogen-bond donors (Lipinski definition) is 2. The standard InChI is InChI=1S/C14H20N2O5S/c1-10-4-6-11(7-5-10)22(19,20)16-12(14(18)15-2)8-9-13(17)21-3/h4-7,12,16H,8-9H2,1-3H3,(H,15,18). The number of aryl methyl sites for hydroxylation is 1. The molecule has 0 fully saturated rings. The summed E-state index contributed by atoms with van der Waals surface area (Å²) in [4.78, 5) is 23.0. The van der Waals surface area contributed by atoms with E-state index in [0.29, 0.717) is 0 Å². The fourth-order valence-corrected chi connectivity index (χ4v) is 2.98. The van der Waals surface area contributed by atoms with Crippen LogP contribution in [0.25, 0.3) is 0 Å². The van der Waals surface area contributed by atoms with E-state index in [4.69, 9.17) is 0 Å². The third-order valence-electron chi connectivity index (χ3n) is 3.06. The maximum Gasteiger partial charge on any atom is 0.305 e. The molecule has 1 aromatic rings. The topological polar surface area (TPSA) is 102 Å². The van der Waals surface area contributed by atoms with E-state index in [-0.39, 0.29) is 17.7 Å². The second-order valence-corrected chi connectivity index (χ2v) is 6.43. The highest BCUT2D eigenvalue weighted by atomic mass is 32.2. The maximum atomic E-state index is 12.3. The molecule has 0 saturated heterocycles. The molecule has 1 aromatic carbocycles. The van der Waals surface area contributed by atoms with Gasteiger partial charge in [-0.05, 0) is 25.5 Å². The van der Waals surface area contributed by atoms with Gasteiger partial charge in [0, 0.05) is 13.5 Å². The molecule has 0 aromatic heterocycles. The molecule has 0 aliphatic carbocycles. The number of rotatable bonds is 7. The van der Waals surface area contributed by atoms with Crippen LogP contribution in [-0.2, 0) is 24.3 Å². The van der Waals surface area contributed by atoms with Gasteiger partial charge in [0.15, 0.2) is 0 Å². The number of methoxy groups -OCH3 is 1. The van der Waals surface area contributed by atoms with Crippen molar-refractivity contribution in [3.05, 3.63) is 29.8 Å². The molecule has 0 heterocycles. The zero-order chi connectivity index (χ0) is 16.8. The van der Waals surface area contributed by atoms with Gasteiger partial charge >= 0.3 is 5.97 Å². The minimum atomic E-state index is -3.85. The molecule has 0 aliphatic heterocycles. The quantitative estimate of drug-likeness (QED) is 0.703. The summed E-state index contributed by atoms with van der Waals surface area (Å²) >= 11 is 0. The molecule has 0 saturated carbocycles. The van der Waals surface area contributed by atoms with E-state index >= 15 is 0 Å². The van der Waals surface area contributed by atoms with Crippen molar-refractivity contribution in [3.63, 3.8) is 0 Å². The molecule has 22 heavy (non-hydrogen) atoms. The molecule has 1 amide bonds. The van der Waals surface area contributed by atoms with Crippen molar-refractivity contribution in [1.82, 2.24) is 10.0 Å². The van der Waals surface area contributed by atoms with E-state index in [1.54, 1.807) is 12.1 Å².